The Morgan fingerprint density at radius 2 is 1.54 bits per heavy atom. The van der Waals surface area contributed by atoms with Crippen molar-refractivity contribution in [3.63, 3.8) is 0 Å². The number of carbonyl (C=O) groups excluding carboxylic acids is 1. The molecule has 0 aliphatic carbocycles. The number of fused-ring (bicyclic) bond motifs is 2. The summed E-state index contributed by atoms with van der Waals surface area (Å²) in [4.78, 5) is 12.9. The van der Waals surface area contributed by atoms with E-state index in [1.165, 1.54) is 12.1 Å². The molecule has 0 saturated heterocycles. The minimum atomic E-state index is -4.00. The van der Waals surface area contributed by atoms with Gasteiger partial charge in [0.25, 0.3) is 10.0 Å². The summed E-state index contributed by atoms with van der Waals surface area (Å²) in [6.45, 7) is 0. The molecule has 0 unspecified atom stereocenters. The SMILES string of the molecule is O=C(NS(=O)(=O)c1ccc(Cl)s1)C1c2ccccc2Oc2ccccc21. The van der Waals surface area contributed by atoms with E-state index in [9.17, 15) is 13.2 Å². The molecule has 3 aromatic rings. The number of halogens is 1. The molecule has 8 heteroatoms. The fourth-order valence-electron chi connectivity index (χ4n) is 2.88. The third-order valence-electron chi connectivity index (χ3n) is 3.99. The topological polar surface area (TPSA) is 72.5 Å². The van der Waals surface area contributed by atoms with Gasteiger partial charge in [-0.2, -0.15) is 0 Å². The van der Waals surface area contributed by atoms with Gasteiger partial charge in [0, 0.05) is 11.1 Å². The van der Waals surface area contributed by atoms with Crippen LogP contribution in [0.25, 0.3) is 0 Å². The Bertz CT molecular complexity index is 1060. The Hall–Kier alpha value is -2.35. The molecule has 0 spiro atoms. The van der Waals surface area contributed by atoms with Gasteiger partial charge in [-0.15, -0.1) is 11.3 Å². The van der Waals surface area contributed by atoms with Gasteiger partial charge >= 0.3 is 0 Å². The van der Waals surface area contributed by atoms with Gasteiger partial charge in [-0.3, -0.25) is 4.79 Å². The predicted octanol–water partition coefficient (Wildman–Crippen LogP) is 4.14. The smallest absolute Gasteiger partial charge is 0.273 e. The molecule has 5 nitrogen and oxygen atoms in total. The first-order valence-corrected chi connectivity index (χ1v) is 10.3. The van der Waals surface area contributed by atoms with E-state index in [2.05, 4.69) is 4.72 Å². The molecule has 0 bridgehead atoms. The number of para-hydroxylation sites is 2. The molecule has 0 radical (unpaired) electrons. The van der Waals surface area contributed by atoms with Crippen LogP contribution in [-0.4, -0.2) is 14.3 Å². The second-order valence-corrected chi connectivity index (χ2v) is 9.26. The van der Waals surface area contributed by atoms with Crippen molar-refractivity contribution in [1.82, 2.24) is 4.72 Å². The number of thiophene rings is 1. The number of carbonyl (C=O) groups is 1. The lowest BCUT2D eigenvalue weighted by Crippen LogP contribution is -2.35. The summed E-state index contributed by atoms with van der Waals surface area (Å²) < 4.78 is 33.3. The van der Waals surface area contributed by atoms with Crippen molar-refractivity contribution in [3.05, 3.63) is 76.1 Å². The average Bonchev–Trinajstić information content (AvgIpc) is 3.06. The maximum Gasteiger partial charge on any atom is 0.273 e. The van der Waals surface area contributed by atoms with Crippen molar-refractivity contribution in [1.29, 1.82) is 0 Å². The lowest BCUT2D eigenvalue weighted by atomic mass is 9.87. The third-order valence-corrected chi connectivity index (χ3v) is 7.06. The van der Waals surface area contributed by atoms with Crippen LogP contribution in [-0.2, 0) is 14.8 Å². The van der Waals surface area contributed by atoms with E-state index in [1.807, 2.05) is 0 Å². The third kappa shape index (κ3) is 2.98. The fourth-order valence-corrected chi connectivity index (χ4v) is 5.35. The molecule has 132 valence electrons. The number of ether oxygens (including phenoxy) is 1. The van der Waals surface area contributed by atoms with Gasteiger partial charge in [0.1, 0.15) is 15.7 Å². The summed E-state index contributed by atoms with van der Waals surface area (Å²) in [6.07, 6.45) is 0. The van der Waals surface area contributed by atoms with Crippen LogP contribution in [0.3, 0.4) is 0 Å². The Labute approximate surface area is 159 Å². The van der Waals surface area contributed by atoms with Crippen LogP contribution in [0.15, 0.2) is 64.9 Å². The van der Waals surface area contributed by atoms with Gasteiger partial charge in [-0.05, 0) is 24.3 Å². The normalized spacial score (nSPS) is 13.4. The van der Waals surface area contributed by atoms with E-state index >= 15 is 0 Å². The highest BCUT2D eigenvalue weighted by atomic mass is 35.5. The van der Waals surface area contributed by atoms with Crippen molar-refractivity contribution < 1.29 is 17.9 Å². The predicted molar refractivity (Wildman–Crippen MR) is 99.5 cm³/mol. The molecular weight excluding hydrogens is 394 g/mol. The Morgan fingerprint density at radius 1 is 0.962 bits per heavy atom. The van der Waals surface area contributed by atoms with E-state index < -0.39 is 21.8 Å². The van der Waals surface area contributed by atoms with Crippen molar-refractivity contribution >= 4 is 38.9 Å². The highest BCUT2D eigenvalue weighted by Crippen LogP contribution is 2.44. The maximum absolute atomic E-state index is 12.9. The fraction of sp³-hybridized carbons (Fsp3) is 0.0556. The van der Waals surface area contributed by atoms with Crippen LogP contribution in [0.2, 0.25) is 4.34 Å². The molecule has 1 aliphatic heterocycles. The molecule has 1 amide bonds. The van der Waals surface area contributed by atoms with Gasteiger partial charge < -0.3 is 4.74 Å². The summed E-state index contributed by atoms with van der Waals surface area (Å²) >= 11 is 6.70. The molecule has 26 heavy (non-hydrogen) atoms. The summed E-state index contributed by atoms with van der Waals surface area (Å²) in [6, 6.07) is 17.0. The molecule has 0 saturated carbocycles. The number of nitrogens with one attached hydrogen (secondary N) is 1. The highest BCUT2D eigenvalue weighted by Gasteiger charge is 2.34. The second-order valence-electron chi connectivity index (χ2n) is 5.64. The zero-order chi connectivity index (χ0) is 18.3. The lowest BCUT2D eigenvalue weighted by Gasteiger charge is -2.27. The van der Waals surface area contributed by atoms with Gasteiger partial charge in [-0.1, -0.05) is 48.0 Å². The zero-order valence-electron chi connectivity index (χ0n) is 13.2. The van der Waals surface area contributed by atoms with Crippen LogP contribution in [0, 0.1) is 0 Å². The Balaban J connectivity index is 1.74. The summed E-state index contributed by atoms with van der Waals surface area (Å²) in [5.74, 6) is -0.370. The van der Waals surface area contributed by atoms with E-state index in [1.54, 1.807) is 48.5 Å². The largest absolute Gasteiger partial charge is 0.457 e. The van der Waals surface area contributed by atoms with Gasteiger partial charge in [0.05, 0.1) is 10.3 Å². The number of hydrogen-bond acceptors (Lipinski definition) is 5. The molecule has 0 atom stereocenters. The van der Waals surface area contributed by atoms with E-state index in [4.69, 9.17) is 16.3 Å². The first-order chi connectivity index (χ1) is 12.5. The monoisotopic (exact) mass is 405 g/mol. The van der Waals surface area contributed by atoms with Gasteiger partial charge in [0.15, 0.2) is 0 Å². The molecule has 0 fully saturated rings. The van der Waals surface area contributed by atoms with Gasteiger partial charge in [0.2, 0.25) is 5.91 Å². The molecule has 1 N–H and O–H groups in total. The minimum absolute atomic E-state index is 0.00974. The van der Waals surface area contributed by atoms with Crippen LogP contribution < -0.4 is 9.46 Å². The summed E-state index contributed by atoms with van der Waals surface area (Å²) in [5.41, 5.74) is 1.23. The first-order valence-electron chi connectivity index (χ1n) is 7.63. The molecule has 1 aliphatic rings. The highest BCUT2D eigenvalue weighted by molar-refractivity contribution is 7.92. The van der Waals surface area contributed by atoms with Crippen LogP contribution in [0.1, 0.15) is 17.0 Å². The average molecular weight is 406 g/mol. The minimum Gasteiger partial charge on any atom is -0.457 e. The molecular formula is C18H12ClNO4S2. The van der Waals surface area contributed by atoms with Crippen LogP contribution in [0.4, 0.5) is 0 Å². The Kier molecular flexibility index (Phi) is 4.22. The van der Waals surface area contributed by atoms with Crippen molar-refractivity contribution in [2.24, 2.45) is 0 Å². The van der Waals surface area contributed by atoms with Crippen molar-refractivity contribution in [2.75, 3.05) is 0 Å². The van der Waals surface area contributed by atoms with E-state index in [0.29, 0.717) is 27.0 Å². The zero-order valence-corrected chi connectivity index (χ0v) is 15.6. The number of rotatable bonds is 3. The van der Waals surface area contributed by atoms with E-state index in [-0.39, 0.29) is 4.21 Å². The van der Waals surface area contributed by atoms with Crippen LogP contribution in [0.5, 0.6) is 11.5 Å². The second kappa shape index (κ2) is 6.42. The number of amides is 1. The molecule has 2 aromatic carbocycles. The van der Waals surface area contributed by atoms with Gasteiger partial charge in [-0.25, -0.2) is 13.1 Å². The standard InChI is InChI=1S/C18H12ClNO4S2/c19-15-9-10-16(25-15)26(22,23)20-18(21)17-11-5-1-3-7-13(11)24-14-8-4-2-6-12(14)17/h1-10,17H,(H,20,21). The first kappa shape index (κ1) is 17.1. The molecule has 2 heterocycles. The van der Waals surface area contributed by atoms with Crippen molar-refractivity contribution in [2.45, 2.75) is 10.1 Å². The summed E-state index contributed by atoms with van der Waals surface area (Å²) in [7, 11) is -4.00. The Morgan fingerprint density at radius 3 is 2.08 bits per heavy atom. The quantitative estimate of drug-likeness (QED) is 0.710. The molecule has 1 aromatic heterocycles. The van der Waals surface area contributed by atoms with Crippen molar-refractivity contribution in [3.8, 4) is 11.5 Å². The lowest BCUT2D eigenvalue weighted by molar-refractivity contribution is -0.120. The molecule has 4 rings (SSSR count). The maximum atomic E-state index is 12.9. The summed E-state index contributed by atoms with van der Waals surface area (Å²) in [5, 5.41) is 0. The van der Waals surface area contributed by atoms with Crippen LogP contribution >= 0.6 is 22.9 Å². The van der Waals surface area contributed by atoms with E-state index in [0.717, 1.165) is 11.3 Å². The number of sulfonamides is 1. The number of benzene rings is 2. The number of hydrogen-bond donors (Lipinski definition) is 1.